The molecular weight excluding hydrogens is 359 g/mol. The maximum Gasteiger partial charge on any atom is 0.224 e. The van der Waals surface area contributed by atoms with Crippen molar-refractivity contribution in [2.45, 2.75) is 12.8 Å². The molecule has 0 aliphatic carbocycles. The topological polar surface area (TPSA) is 79.9 Å². The Hall–Kier alpha value is -3.74. The first-order chi connectivity index (χ1) is 13.7. The van der Waals surface area contributed by atoms with Crippen molar-refractivity contribution in [3.8, 4) is 11.6 Å². The Balaban J connectivity index is 1.30. The Labute approximate surface area is 160 Å². The van der Waals surface area contributed by atoms with Gasteiger partial charge in [-0.15, -0.1) is 0 Å². The van der Waals surface area contributed by atoms with Gasteiger partial charge in [0.25, 0.3) is 0 Å². The van der Waals surface area contributed by atoms with Crippen molar-refractivity contribution in [2.75, 3.05) is 5.32 Å². The third-order valence-electron chi connectivity index (χ3n) is 4.08. The van der Waals surface area contributed by atoms with Gasteiger partial charge in [0.15, 0.2) is 0 Å². The minimum atomic E-state index is -0.332. The molecule has 0 aliphatic rings. The number of amides is 1. The molecule has 0 saturated heterocycles. The third-order valence-corrected chi connectivity index (χ3v) is 4.08. The molecule has 140 valence electrons. The first-order valence-electron chi connectivity index (χ1n) is 8.79. The van der Waals surface area contributed by atoms with E-state index in [0.717, 1.165) is 16.9 Å². The van der Waals surface area contributed by atoms with Crippen molar-refractivity contribution >= 4 is 22.6 Å². The number of H-pyrrole nitrogens is 1. The van der Waals surface area contributed by atoms with Crippen LogP contribution in [0.4, 0.5) is 10.1 Å². The van der Waals surface area contributed by atoms with Crippen LogP contribution < -0.4 is 10.1 Å². The van der Waals surface area contributed by atoms with Crippen molar-refractivity contribution < 1.29 is 13.9 Å². The van der Waals surface area contributed by atoms with Crippen molar-refractivity contribution in [1.29, 1.82) is 0 Å². The zero-order valence-electron chi connectivity index (χ0n) is 14.9. The molecule has 0 spiro atoms. The van der Waals surface area contributed by atoms with Gasteiger partial charge in [-0.05, 0) is 42.5 Å². The molecule has 4 aromatic rings. The number of aromatic amines is 1. The number of nitrogens with one attached hydrogen (secondary N) is 2. The number of nitrogens with zero attached hydrogens (tertiary/aromatic N) is 2. The summed E-state index contributed by atoms with van der Waals surface area (Å²) in [6.45, 7) is 0. The van der Waals surface area contributed by atoms with Crippen LogP contribution in [0.1, 0.15) is 12.2 Å². The van der Waals surface area contributed by atoms with Gasteiger partial charge >= 0.3 is 0 Å². The van der Waals surface area contributed by atoms with Gasteiger partial charge in [-0.2, -0.15) is 0 Å². The van der Waals surface area contributed by atoms with Crippen LogP contribution in [0.2, 0.25) is 0 Å². The number of halogens is 1. The molecule has 0 aliphatic heterocycles. The molecule has 0 saturated carbocycles. The van der Waals surface area contributed by atoms with Gasteiger partial charge in [0.2, 0.25) is 11.8 Å². The van der Waals surface area contributed by atoms with Crippen molar-refractivity contribution in [2.24, 2.45) is 0 Å². The van der Waals surface area contributed by atoms with Gasteiger partial charge in [-0.25, -0.2) is 14.4 Å². The van der Waals surface area contributed by atoms with Crippen LogP contribution in [0.15, 0.2) is 66.9 Å². The average Bonchev–Trinajstić information content (AvgIpc) is 3.13. The van der Waals surface area contributed by atoms with E-state index in [9.17, 15) is 9.18 Å². The molecule has 2 aromatic carbocycles. The standard InChI is InChI=1S/C21H17FN4O2/c22-14-5-8-16(9-6-14)28-21-12-7-15(13-23-21)24-20(27)11-10-19-25-17-3-1-2-4-18(17)26-19/h1-9,12-13H,10-11H2,(H,24,27)(H,25,26). The summed E-state index contributed by atoms with van der Waals surface area (Å²) < 4.78 is 18.4. The largest absolute Gasteiger partial charge is 0.439 e. The summed E-state index contributed by atoms with van der Waals surface area (Å²) >= 11 is 0. The number of para-hydroxylation sites is 2. The molecule has 7 heteroatoms. The smallest absolute Gasteiger partial charge is 0.224 e. The summed E-state index contributed by atoms with van der Waals surface area (Å²) in [5, 5.41) is 2.80. The number of imidazole rings is 1. The molecule has 0 bridgehead atoms. The van der Waals surface area contributed by atoms with E-state index in [1.54, 1.807) is 12.1 Å². The van der Waals surface area contributed by atoms with E-state index in [1.807, 2.05) is 24.3 Å². The van der Waals surface area contributed by atoms with Crippen LogP contribution in [-0.4, -0.2) is 20.9 Å². The summed E-state index contributed by atoms with van der Waals surface area (Å²) in [7, 11) is 0. The highest BCUT2D eigenvalue weighted by atomic mass is 19.1. The zero-order chi connectivity index (χ0) is 19.3. The number of fused-ring (bicyclic) bond motifs is 1. The van der Waals surface area contributed by atoms with E-state index in [-0.39, 0.29) is 11.7 Å². The van der Waals surface area contributed by atoms with Crippen molar-refractivity contribution in [3.63, 3.8) is 0 Å². The SMILES string of the molecule is O=C(CCc1nc2ccccc2[nH]1)Nc1ccc(Oc2ccc(F)cc2)nc1. The predicted molar refractivity (Wildman–Crippen MR) is 104 cm³/mol. The highest BCUT2D eigenvalue weighted by molar-refractivity contribution is 5.90. The first kappa shape index (κ1) is 17.7. The average molecular weight is 376 g/mol. The van der Waals surface area contributed by atoms with E-state index in [2.05, 4.69) is 20.3 Å². The molecule has 0 unspecified atom stereocenters. The van der Waals surface area contributed by atoms with E-state index in [1.165, 1.54) is 30.5 Å². The van der Waals surface area contributed by atoms with E-state index in [4.69, 9.17) is 4.74 Å². The second-order valence-electron chi connectivity index (χ2n) is 6.19. The van der Waals surface area contributed by atoms with Crippen LogP contribution in [0.3, 0.4) is 0 Å². The number of hydrogen-bond donors (Lipinski definition) is 2. The highest BCUT2D eigenvalue weighted by Gasteiger charge is 2.07. The normalized spacial score (nSPS) is 10.8. The second kappa shape index (κ2) is 7.87. The predicted octanol–water partition coefficient (Wildman–Crippen LogP) is 4.46. The minimum absolute atomic E-state index is 0.130. The first-order valence-corrected chi connectivity index (χ1v) is 8.79. The van der Waals surface area contributed by atoms with E-state index in [0.29, 0.717) is 30.2 Å². The number of carbonyl (C=O) groups is 1. The van der Waals surface area contributed by atoms with Crippen molar-refractivity contribution in [1.82, 2.24) is 15.0 Å². The molecule has 0 atom stereocenters. The highest BCUT2D eigenvalue weighted by Crippen LogP contribution is 2.20. The Morgan fingerprint density at radius 2 is 1.89 bits per heavy atom. The molecule has 2 heterocycles. The number of aryl methyl sites for hydroxylation is 1. The number of hydrogen-bond acceptors (Lipinski definition) is 4. The molecular formula is C21H17FN4O2. The maximum absolute atomic E-state index is 12.9. The van der Waals surface area contributed by atoms with Crippen LogP contribution >= 0.6 is 0 Å². The summed E-state index contributed by atoms with van der Waals surface area (Å²) in [5.41, 5.74) is 2.42. The lowest BCUT2D eigenvalue weighted by molar-refractivity contribution is -0.116. The number of carbonyl (C=O) groups excluding carboxylic acids is 1. The van der Waals surface area contributed by atoms with Gasteiger partial charge in [0.1, 0.15) is 17.4 Å². The fourth-order valence-corrected chi connectivity index (χ4v) is 2.72. The second-order valence-corrected chi connectivity index (χ2v) is 6.19. The number of ether oxygens (including phenoxy) is 1. The quantitative estimate of drug-likeness (QED) is 0.521. The Bertz CT molecular complexity index is 1060. The van der Waals surface area contributed by atoms with Gasteiger partial charge in [0, 0.05) is 18.9 Å². The number of rotatable bonds is 6. The molecule has 2 aromatic heterocycles. The lowest BCUT2D eigenvalue weighted by atomic mass is 10.3. The minimum Gasteiger partial charge on any atom is -0.439 e. The molecule has 0 radical (unpaired) electrons. The lowest BCUT2D eigenvalue weighted by Crippen LogP contribution is -2.12. The van der Waals surface area contributed by atoms with Crippen LogP contribution in [0, 0.1) is 5.82 Å². The molecule has 2 N–H and O–H groups in total. The molecule has 28 heavy (non-hydrogen) atoms. The number of pyridine rings is 1. The number of benzene rings is 2. The van der Waals surface area contributed by atoms with Gasteiger partial charge in [-0.1, -0.05) is 12.1 Å². The number of aromatic nitrogens is 3. The van der Waals surface area contributed by atoms with Crippen LogP contribution in [-0.2, 0) is 11.2 Å². The van der Waals surface area contributed by atoms with Crippen molar-refractivity contribution in [3.05, 3.63) is 78.5 Å². The molecule has 1 amide bonds. The van der Waals surface area contributed by atoms with Gasteiger partial charge < -0.3 is 15.0 Å². The van der Waals surface area contributed by atoms with Crippen LogP contribution in [0.25, 0.3) is 11.0 Å². The monoisotopic (exact) mass is 376 g/mol. The van der Waals surface area contributed by atoms with E-state index < -0.39 is 0 Å². The fraction of sp³-hybridized carbons (Fsp3) is 0.0952. The summed E-state index contributed by atoms with van der Waals surface area (Å²) in [5.74, 6) is 1.15. The summed E-state index contributed by atoms with van der Waals surface area (Å²) in [4.78, 5) is 24.0. The molecule has 0 fully saturated rings. The third kappa shape index (κ3) is 4.32. The van der Waals surface area contributed by atoms with Crippen LogP contribution in [0.5, 0.6) is 11.6 Å². The Morgan fingerprint density at radius 3 is 2.64 bits per heavy atom. The number of anilines is 1. The fourth-order valence-electron chi connectivity index (χ4n) is 2.72. The van der Waals surface area contributed by atoms with Gasteiger partial charge in [-0.3, -0.25) is 4.79 Å². The summed E-state index contributed by atoms with van der Waals surface area (Å²) in [6.07, 6.45) is 2.32. The molecule has 4 rings (SSSR count). The Morgan fingerprint density at radius 1 is 1.07 bits per heavy atom. The Kier molecular flexibility index (Phi) is 4.97. The van der Waals surface area contributed by atoms with Gasteiger partial charge in [0.05, 0.1) is 22.9 Å². The zero-order valence-corrected chi connectivity index (χ0v) is 14.9. The maximum atomic E-state index is 12.9. The lowest BCUT2D eigenvalue weighted by Gasteiger charge is -2.07. The summed E-state index contributed by atoms with van der Waals surface area (Å²) in [6, 6.07) is 16.7. The van der Waals surface area contributed by atoms with E-state index >= 15 is 0 Å². The molecule has 6 nitrogen and oxygen atoms in total.